The molecule has 1 aliphatic rings. The van der Waals surface area contributed by atoms with Crippen LogP contribution >= 0.6 is 11.3 Å². The van der Waals surface area contributed by atoms with E-state index in [4.69, 9.17) is 9.72 Å². The molecule has 1 aliphatic heterocycles. The Hall–Kier alpha value is -3.74. The predicted octanol–water partition coefficient (Wildman–Crippen LogP) is 5.41. The van der Waals surface area contributed by atoms with Crippen LogP contribution in [0.25, 0.3) is 10.6 Å². The molecule has 2 amide bonds. The Labute approximate surface area is 222 Å². The van der Waals surface area contributed by atoms with Gasteiger partial charge in [-0.15, -0.1) is 11.3 Å². The number of aryl methyl sites for hydroxylation is 1. The lowest BCUT2D eigenvalue weighted by Crippen LogP contribution is -2.39. The Bertz CT molecular complexity index is 1380. The number of ether oxygens (including phenoxy) is 1. The predicted molar refractivity (Wildman–Crippen MR) is 140 cm³/mol. The van der Waals surface area contributed by atoms with Crippen molar-refractivity contribution in [3.63, 3.8) is 0 Å². The molecule has 0 atom stereocenters. The van der Waals surface area contributed by atoms with Crippen LogP contribution in [0.15, 0.2) is 18.3 Å². The monoisotopic (exact) mass is 545 g/mol. The fraction of sp³-hybridized carbons (Fsp3) is 0.440. The molecular formula is C25H29F2N7O3S. The van der Waals surface area contributed by atoms with Gasteiger partial charge in [0.2, 0.25) is 11.7 Å². The van der Waals surface area contributed by atoms with E-state index in [0.29, 0.717) is 41.5 Å². The highest BCUT2D eigenvalue weighted by Gasteiger charge is 2.30. The highest BCUT2D eigenvalue weighted by molar-refractivity contribution is 7.15. The van der Waals surface area contributed by atoms with E-state index in [0.717, 1.165) is 17.5 Å². The first kappa shape index (κ1) is 27.3. The fourth-order valence-electron chi connectivity index (χ4n) is 3.74. The van der Waals surface area contributed by atoms with Gasteiger partial charge >= 0.3 is 12.0 Å². The molecule has 0 saturated carbocycles. The second kappa shape index (κ2) is 10.2. The van der Waals surface area contributed by atoms with Gasteiger partial charge in [0.25, 0.3) is 0 Å². The van der Waals surface area contributed by atoms with Gasteiger partial charge < -0.3 is 20.3 Å². The molecular weight excluding hydrogens is 516 g/mol. The largest absolute Gasteiger partial charge is 0.444 e. The van der Waals surface area contributed by atoms with Crippen LogP contribution in [-0.4, -0.2) is 49.0 Å². The summed E-state index contributed by atoms with van der Waals surface area (Å²) in [5, 5.41) is 6.32. The third-order valence-corrected chi connectivity index (χ3v) is 6.45. The third kappa shape index (κ3) is 6.57. The number of amides is 2. The van der Waals surface area contributed by atoms with Crippen molar-refractivity contribution in [1.82, 2.24) is 24.8 Å². The highest BCUT2D eigenvalue weighted by Crippen LogP contribution is 2.37. The summed E-state index contributed by atoms with van der Waals surface area (Å²) < 4.78 is 33.4. The molecule has 0 unspecified atom stereocenters. The molecule has 0 aromatic carbocycles. The number of hydrogen-bond donors (Lipinski definition) is 2. The molecule has 38 heavy (non-hydrogen) atoms. The maximum Gasteiger partial charge on any atom is 0.410 e. The van der Waals surface area contributed by atoms with Crippen LogP contribution in [0.1, 0.15) is 56.7 Å². The lowest BCUT2D eigenvalue weighted by molar-refractivity contribution is -0.114. The molecule has 10 nitrogen and oxygen atoms in total. The number of aromatic nitrogens is 4. The van der Waals surface area contributed by atoms with Crippen LogP contribution in [0.3, 0.4) is 0 Å². The standard InChI is InChI=1S/C25H29F2N7O3S/c1-13-9-20(33-22(29-13)25(6,26)27)31-17-10-19(30-14(2)35)28-11-15(17)21-32-16-7-8-34(12-18(16)38-21)23(36)37-24(3,4)5/h9-11H,7-8,12H2,1-6H3,(H2,28,29,30,31,33,35). The van der Waals surface area contributed by atoms with Crippen molar-refractivity contribution in [2.45, 2.75) is 66.0 Å². The Morgan fingerprint density at radius 1 is 1.11 bits per heavy atom. The molecule has 0 aliphatic carbocycles. The van der Waals surface area contributed by atoms with Crippen molar-refractivity contribution in [3.8, 4) is 10.6 Å². The number of fused-ring (bicyclic) bond motifs is 1. The summed E-state index contributed by atoms with van der Waals surface area (Å²) in [6.07, 6.45) is 1.72. The molecule has 0 saturated heterocycles. The smallest absolute Gasteiger partial charge is 0.410 e. The van der Waals surface area contributed by atoms with Crippen LogP contribution in [0, 0.1) is 6.92 Å². The van der Waals surface area contributed by atoms with Gasteiger partial charge in [-0.25, -0.2) is 24.7 Å². The Morgan fingerprint density at radius 2 is 1.84 bits per heavy atom. The number of halogens is 2. The molecule has 3 aromatic heterocycles. The molecule has 0 bridgehead atoms. The number of carbonyl (C=O) groups is 2. The molecule has 4 rings (SSSR count). The van der Waals surface area contributed by atoms with Crippen LogP contribution in [0.4, 0.5) is 30.9 Å². The minimum Gasteiger partial charge on any atom is -0.444 e. The number of nitrogens with zero attached hydrogens (tertiary/aromatic N) is 5. The van der Waals surface area contributed by atoms with E-state index in [-0.39, 0.29) is 23.6 Å². The maximum absolute atomic E-state index is 14.0. The van der Waals surface area contributed by atoms with Crippen molar-refractivity contribution in [2.75, 3.05) is 17.2 Å². The zero-order chi connectivity index (χ0) is 27.8. The van der Waals surface area contributed by atoms with E-state index >= 15 is 0 Å². The number of carbonyl (C=O) groups excluding carboxylic acids is 2. The first-order valence-electron chi connectivity index (χ1n) is 11.9. The number of hydrogen-bond acceptors (Lipinski definition) is 9. The topological polar surface area (TPSA) is 122 Å². The maximum atomic E-state index is 14.0. The van der Waals surface area contributed by atoms with Gasteiger partial charge in [-0.3, -0.25) is 4.79 Å². The first-order valence-corrected chi connectivity index (χ1v) is 12.7. The summed E-state index contributed by atoms with van der Waals surface area (Å²) in [6, 6.07) is 3.13. The van der Waals surface area contributed by atoms with Crippen LogP contribution < -0.4 is 10.6 Å². The van der Waals surface area contributed by atoms with E-state index in [1.165, 1.54) is 18.3 Å². The van der Waals surface area contributed by atoms with Crippen LogP contribution in [0.5, 0.6) is 0 Å². The summed E-state index contributed by atoms with van der Waals surface area (Å²) in [7, 11) is 0. The van der Waals surface area contributed by atoms with Crippen molar-refractivity contribution >= 4 is 40.7 Å². The zero-order valence-electron chi connectivity index (χ0n) is 22.0. The molecule has 3 aromatic rings. The Morgan fingerprint density at radius 3 is 2.50 bits per heavy atom. The summed E-state index contributed by atoms with van der Waals surface area (Å²) in [4.78, 5) is 43.7. The molecule has 4 heterocycles. The van der Waals surface area contributed by atoms with Crippen molar-refractivity contribution in [2.24, 2.45) is 0 Å². The highest BCUT2D eigenvalue weighted by atomic mass is 32.1. The van der Waals surface area contributed by atoms with Gasteiger partial charge in [-0.2, -0.15) is 8.78 Å². The van der Waals surface area contributed by atoms with Crippen molar-refractivity contribution in [1.29, 1.82) is 0 Å². The minimum atomic E-state index is -3.22. The van der Waals surface area contributed by atoms with E-state index in [2.05, 4.69) is 25.6 Å². The van der Waals surface area contributed by atoms with Gasteiger partial charge in [-0.1, -0.05) is 0 Å². The molecule has 0 fully saturated rings. The normalized spacial score (nSPS) is 13.6. The van der Waals surface area contributed by atoms with E-state index < -0.39 is 17.3 Å². The molecule has 0 spiro atoms. The summed E-state index contributed by atoms with van der Waals surface area (Å²) in [5.74, 6) is -3.71. The van der Waals surface area contributed by atoms with Gasteiger partial charge in [-0.05, 0) is 27.7 Å². The van der Waals surface area contributed by atoms with E-state index in [9.17, 15) is 18.4 Å². The second-order valence-corrected chi connectivity index (χ2v) is 11.2. The number of thiazole rings is 1. The summed E-state index contributed by atoms with van der Waals surface area (Å²) in [6.45, 7) is 10.00. The number of anilines is 3. The molecule has 202 valence electrons. The quantitative estimate of drug-likeness (QED) is 0.436. The number of nitrogens with one attached hydrogen (secondary N) is 2. The lowest BCUT2D eigenvalue weighted by Gasteiger charge is -2.29. The van der Waals surface area contributed by atoms with Gasteiger partial charge in [0, 0.05) is 55.7 Å². The lowest BCUT2D eigenvalue weighted by atomic mass is 10.1. The molecule has 0 radical (unpaired) electrons. The zero-order valence-corrected chi connectivity index (χ0v) is 22.8. The van der Waals surface area contributed by atoms with Crippen molar-refractivity contribution in [3.05, 3.63) is 40.4 Å². The van der Waals surface area contributed by atoms with Gasteiger partial charge in [0.1, 0.15) is 22.2 Å². The number of alkyl halides is 2. The Kier molecular flexibility index (Phi) is 7.33. The Balaban J connectivity index is 1.68. The molecule has 2 N–H and O–H groups in total. The first-order chi connectivity index (χ1) is 17.7. The van der Waals surface area contributed by atoms with Gasteiger partial charge in [0.15, 0.2) is 0 Å². The van der Waals surface area contributed by atoms with Crippen LogP contribution in [0.2, 0.25) is 0 Å². The second-order valence-electron chi connectivity index (χ2n) is 10.1. The molecule has 13 heteroatoms. The number of pyridine rings is 1. The minimum absolute atomic E-state index is 0.160. The average molecular weight is 546 g/mol. The van der Waals surface area contributed by atoms with Gasteiger partial charge in [0.05, 0.1) is 23.5 Å². The SMILES string of the molecule is CC(=O)Nc1cc(Nc2cc(C)nc(C(C)(F)F)n2)c(-c2nc3c(s2)CN(C(=O)OC(C)(C)C)CC3)cn1. The third-order valence-electron chi connectivity index (χ3n) is 5.33. The summed E-state index contributed by atoms with van der Waals surface area (Å²) >= 11 is 1.40. The fourth-order valence-corrected chi connectivity index (χ4v) is 4.89. The average Bonchev–Trinajstić information content (AvgIpc) is 3.20. The summed E-state index contributed by atoms with van der Waals surface area (Å²) in [5.41, 5.74) is 1.68. The number of rotatable bonds is 5. The van der Waals surface area contributed by atoms with Crippen LogP contribution in [-0.2, 0) is 28.4 Å². The van der Waals surface area contributed by atoms with E-state index in [1.54, 1.807) is 30.2 Å². The van der Waals surface area contributed by atoms with Crippen molar-refractivity contribution < 1.29 is 23.1 Å². The van der Waals surface area contributed by atoms with E-state index in [1.807, 2.05) is 20.8 Å².